The lowest BCUT2D eigenvalue weighted by atomic mass is 9.95. The molecule has 1 heterocycles. The van der Waals surface area contributed by atoms with Crippen molar-refractivity contribution in [2.75, 3.05) is 11.9 Å². The van der Waals surface area contributed by atoms with Crippen LogP contribution in [0.3, 0.4) is 0 Å². The van der Waals surface area contributed by atoms with E-state index in [4.69, 9.17) is 0 Å². The van der Waals surface area contributed by atoms with Crippen molar-refractivity contribution in [3.63, 3.8) is 0 Å². The van der Waals surface area contributed by atoms with Crippen LogP contribution in [0.4, 0.5) is 5.69 Å². The largest absolute Gasteiger partial charge is 0.389 e. The first-order chi connectivity index (χ1) is 6.29. The molecule has 0 radical (unpaired) electrons. The molecule has 2 nitrogen and oxygen atoms in total. The Kier molecular flexibility index (Phi) is 2.23. The summed E-state index contributed by atoms with van der Waals surface area (Å²) in [7, 11) is 0. The molecule has 1 aromatic carbocycles. The van der Waals surface area contributed by atoms with E-state index in [1.165, 1.54) is 11.3 Å². The van der Waals surface area contributed by atoms with Crippen LogP contribution < -0.4 is 5.32 Å². The third-order valence-corrected chi connectivity index (χ3v) is 2.58. The topological polar surface area (TPSA) is 32.3 Å². The third kappa shape index (κ3) is 1.54. The molecule has 13 heavy (non-hydrogen) atoms. The Hall–Kier alpha value is -1.02. The average molecular weight is 177 g/mol. The predicted molar refractivity (Wildman–Crippen MR) is 53.9 cm³/mol. The predicted octanol–water partition coefficient (Wildman–Crippen LogP) is 2.10. The molecule has 0 saturated carbocycles. The van der Waals surface area contributed by atoms with Crippen LogP contribution in [0.2, 0.25) is 0 Å². The number of rotatable bonds is 1. The van der Waals surface area contributed by atoms with Crippen molar-refractivity contribution in [3.05, 3.63) is 29.3 Å². The molecule has 1 aromatic rings. The fraction of sp³-hybridized carbons (Fsp3) is 0.455. The quantitative estimate of drug-likeness (QED) is 0.688. The summed E-state index contributed by atoms with van der Waals surface area (Å²) < 4.78 is 0. The maximum absolute atomic E-state index is 9.55. The van der Waals surface area contributed by atoms with Crippen molar-refractivity contribution in [1.82, 2.24) is 0 Å². The summed E-state index contributed by atoms with van der Waals surface area (Å²) in [6.07, 6.45) is 1.90. The smallest absolute Gasteiger partial charge is 0.0765 e. The number of nitrogens with one attached hydrogen (secondary N) is 1. The lowest BCUT2D eigenvalue weighted by Crippen LogP contribution is -2.14. The molecule has 0 unspecified atom stereocenters. The maximum Gasteiger partial charge on any atom is 0.0765 e. The summed E-state index contributed by atoms with van der Waals surface area (Å²) in [5.74, 6) is 0. The SMILES string of the molecule is C[C@@H](O)c1cccc2c1CCCN2. The van der Waals surface area contributed by atoms with Crippen molar-refractivity contribution in [3.8, 4) is 0 Å². The second-order valence-electron chi connectivity index (χ2n) is 3.58. The molecule has 1 aliphatic rings. The zero-order chi connectivity index (χ0) is 9.26. The summed E-state index contributed by atoms with van der Waals surface area (Å²) in [4.78, 5) is 0. The summed E-state index contributed by atoms with van der Waals surface area (Å²) in [6.45, 7) is 2.88. The molecule has 0 amide bonds. The van der Waals surface area contributed by atoms with Gasteiger partial charge in [-0.2, -0.15) is 0 Å². The van der Waals surface area contributed by atoms with Gasteiger partial charge in [0, 0.05) is 12.2 Å². The second-order valence-corrected chi connectivity index (χ2v) is 3.58. The van der Waals surface area contributed by atoms with Gasteiger partial charge in [-0.3, -0.25) is 0 Å². The molecule has 2 heteroatoms. The molecule has 1 atom stereocenters. The van der Waals surface area contributed by atoms with Gasteiger partial charge >= 0.3 is 0 Å². The molecule has 2 N–H and O–H groups in total. The average Bonchev–Trinajstić information content (AvgIpc) is 2.17. The molecular formula is C11H15NO. The number of hydrogen-bond acceptors (Lipinski definition) is 2. The van der Waals surface area contributed by atoms with E-state index in [1.807, 2.05) is 19.1 Å². The summed E-state index contributed by atoms with van der Waals surface area (Å²) in [6, 6.07) is 6.09. The van der Waals surface area contributed by atoms with Crippen LogP contribution in [0.15, 0.2) is 18.2 Å². The van der Waals surface area contributed by atoms with Gasteiger partial charge < -0.3 is 10.4 Å². The zero-order valence-electron chi connectivity index (χ0n) is 7.88. The fourth-order valence-electron chi connectivity index (χ4n) is 1.93. The first kappa shape index (κ1) is 8.57. The Bertz CT molecular complexity index is 307. The first-order valence-corrected chi connectivity index (χ1v) is 4.83. The minimum Gasteiger partial charge on any atom is -0.389 e. The number of aliphatic hydroxyl groups excluding tert-OH is 1. The summed E-state index contributed by atoms with van der Waals surface area (Å²) in [5, 5.41) is 12.9. The lowest BCUT2D eigenvalue weighted by molar-refractivity contribution is 0.198. The minimum absolute atomic E-state index is 0.352. The van der Waals surface area contributed by atoms with Crippen molar-refractivity contribution in [2.45, 2.75) is 25.9 Å². The third-order valence-electron chi connectivity index (χ3n) is 2.58. The van der Waals surface area contributed by atoms with Gasteiger partial charge in [-0.25, -0.2) is 0 Å². The monoisotopic (exact) mass is 177 g/mol. The molecule has 0 aliphatic carbocycles. The van der Waals surface area contributed by atoms with Crippen LogP contribution in [-0.2, 0) is 6.42 Å². The van der Waals surface area contributed by atoms with Gasteiger partial charge in [-0.15, -0.1) is 0 Å². The van der Waals surface area contributed by atoms with Gasteiger partial charge in [0.2, 0.25) is 0 Å². The van der Waals surface area contributed by atoms with E-state index in [0.717, 1.165) is 24.9 Å². The molecular weight excluding hydrogens is 162 g/mol. The second kappa shape index (κ2) is 3.38. The molecule has 70 valence electrons. The highest BCUT2D eigenvalue weighted by atomic mass is 16.3. The Morgan fingerprint density at radius 2 is 2.31 bits per heavy atom. The first-order valence-electron chi connectivity index (χ1n) is 4.83. The van der Waals surface area contributed by atoms with Crippen LogP contribution in [0.1, 0.15) is 30.6 Å². The summed E-state index contributed by atoms with van der Waals surface area (Å²) >= 11 is 0. The molecule has 0 saturated heterocycles. The van der Waals surface area contributed by atoms with Crippen molar-refractivity contribution in [2.24, 2.45) is 0 Å². The van der Waals surface area contributed by atoms with E-state index in [0.29, 0.717) is 0 Å². The number of benzene rings is 1. The van der Waals surface area contributed by atoms with Gasteiger partial charge in [0.15, 0.2) is 0 Å². The molecule has 1 aliphatic heterocycles. The standard InChI is InChI=1S/C11H15NO/c1-8(13)9-4-2-6-11-10(9)5-3-7-12-11/h2,4,6,8,12-13H,3,5,7H2,1H3/t8-/m1/s1. The van der Waals surface area contributed by atoms with E-state index < -0.39 is 0 Å². The Balaban J connectivity index is 2.46. The van der Waals surface area contributed by atoms with Crippen molar-refractivity contribution < 1.29 is 5.11 Å². The number of hydrogen-bond donors (Lipinski definition) is 2. The summed E-state index contributed by atoms with van der Waals surface area (Å²) in [5.41, 5.74) is 3.57. The molecule has 0 spiro atoms. The van der Waals surface area contributed by atoms with Crippen LogP contribution in [0.5, 0.6) is 0 Å². The Labute approximate surface area is 78.6 Å². The van der Waals surface area contributed by atoms with Crippen LogP contribution >= 0.6 is 0 Å². The highest BCUT2D eigenvalue weighted by Crippen LogP contribution is 2.28. The fourth-order valence-corrected chi connectivity index (χ4v) is 1.93. The van der Waals surface area contributed by atoms with E-state index in [9.17, 15) is 5.11 Å². The van der Waals surface area contributed by atoms with Gasteiger partial charge in [0.1, 0.15) is 0 Å². The van der Waals surface area contributed by atoms with E-state index in [-0.39, 0.29) is 6.10 Å². The molecule has 0 bridgehead atoms. The van der Waals surface area contributed by atoms with E-state index in [2.05, 4.69) is 11.4 Å². The van der Waals surface area contributed by atoms with Gasteiger partial charge in [0.25, 0.3) is 0 Å². The number of aliphatic hydroxyl groups is 1. The molecule has 2 rings (SSSR count). The van der Waals surface area contributed by atoms with Crippen LogP contribution in [0.25, 0.3) is 0 Å². The van der Waals surface area contributed by atoms with E-state index >= 15 is 0 Å². The van der Waals surface area contributed by atoms with Crippen LogP contribution in [-0.4, -0.2) is 11.7 Å². The minimum atomic E-state index is -0.352. The van der Waals surface area contributed by atoms with Crippen molar-refractivity contribution in [1.29, 1.82) is 0 Å². The number of fused-ring (bicyclic) bond motifs is 1. The van der Waals surface area contributed by atoms with Gasteiger partial charge in [-0.05, 0) is 37.0 Å². The Morgan fingerprint density at radius 1 is 1.46 bits per heavy atom. The molecule has 0 fully saturated rings. The van der Waals surface area contributed by atoms with Crippen molar-refractivity contribution >= 4 is 5.69 Å². The number of anilines is 1. The highest BCUT2D eigenvalue weighted by Gasteiger charge is 2.14. The Morgan fingerprint density at radius 3 is 3.08 bits per heavy atom. The highest BCUT2D eigenvalue weighted by molar-refractivity contribution is 5.56. The van der Waals surface area contributed by atoms with E-state index in [1.54, 1.807) is 0 Å². The maximum atomic E-state index is 9.55. The van der Waals surface area contributed by atoms with Gasteiger partial charge in [0.05, 0.1) is 6.10 Å². The normalized spacial score (nSPS) is 17.4. The zero-order valence-corrected chi connectivity index (χ0v) is 7.88. The van der Waals surface area contributed by atoms with Crippen LogP contribution in [0, 0.1) is 0 Å². The molecule has 0 aromatic heterocycles. The van der Waals surface area contributed by atoms with Gasteiger partial charge in [-0.1, -0.05) is 12.1 Å². The lowest BCUT2D eigenvalue weighted by Gasteiger charge is -2.21.